The molecule has 0 unspecified atom stereocenters. The third-order valence-electron chi connectivity index (χ3n) is 4.53. The minimum absolute atomic E-state index is 0.0310. The first-order valence-electron chi connectivity index (χ1n) is 9.28. The number of imidazole rings is 1. The number of H-pyrrole nitrogens is 1. The Kier molecular flexibility index (Phi) is 5.06. The van der Waals surface area contributed by atoms with Crippen LogP contribution >= 0.6 is 0 Å². The molecule has 0 radical (unpaired) electrons. The molecule has 0 atom stereocenters. The molecule has 4 aromatic rings. The van der Waals surface area contributed by atoms with Gasteiger partial charge in [-0.1, -0.05) is 31.2 Å². The summed E-state index contributed by atoms with van der Waals surface area (Å²) in [6.45, 7) is 2.07. The lowest BCUT2D eigenvalue weighted by atomic mass is 10.2. The van der Waals surface area contributed by atoms with E-state index in [2.05, 4.69) is 22.2 Å². The Hall–Kier alpha value is -3.60. The maximum Gasteiger partial charge on any atom is 0.262 e. The SMILES string of the molecule is CCc1ccc(OCC(=O)Nc2ccc(-c3nc4ccccc4[nH]3)cc2)cc1. The molecule has 28 heavy (non-hydrogen) atoms. The third-order valence-corrected chi connectivity index (χ3v) is 4.53. The number of anilines is 1. The Morgan fingerprint density at radius 1 is 1.00 bits per heavy atom. The monoisotopic (exact) mass is 371 g/mol. The molecule has 4 rings (SSSR count). The van der Waals surface area contributed by atoms with Crippen molar-refractivity contribution in [2.45, 2.75) is 13.3 Å². The van der Waals surface area contributed by atoms with Crippen molar-refractivity contribution < 1.29 is 9.53 Å². The van der Waals surface area contributed by atoms with E-state index in [0.717, 1.165) is 34.5 Å². The van der Waals surface area contributed by atoms with Crippen LogP contribution in [0.2, 0.25) is 0 Å². The van der Waals surface area contributed by atoms with Crippen molar-refractivity contribution in [3.8, 4) is 17.1 Å². The quantitative estimate of drug-likeness (QED) is 0.511. The van der Waals surface area contributed by atoms with Crippen LogP contribution < -0.4 is 10.1 Å². The third kappa shape index (κ3) is 4.04. The molecule has 0 saturated carbocycles. The highest BCUT2D eigenvalue weighted by atomic mass is 16.5. The summed E-state index contributed by atoms with van der Waals surface area (Å²) >= 11 is 0. The number of rotatable bonds is 6. The van der Waals surface area contributed by atoms with Crippen molar-refractivity contribution in [3.05, 3.63) is 78.4 Å². The number of benzene rings is 3. The highest BCUT2D eigenvalue weighted by molar-refractivity contribution is 5.92. The second-order valence-corrected chi connectivity index (χ2v) is 6.51. The van der Waals surface area contributed by atoms with Crippen LogP contribution in [0.3, 0.4) is 0 Å². The Morgan fingerprint density at radius 2 is 1.75 bits per heavy atom. The molecule has 2 N–H and O–H groups in total. The van der Waals surface area contributed by atoms with Crippen molar-refractivity contribution >= 4 is 22.6 Å². The first kappa shape index (κ1) is 17.8. The number of carbonyl (C=O) groups excluding carboxylic acids is 1. The molecule has 140 valence electrons. The molecule has 1 amide bonds. The molecule has 0 aliphatic carbocycles. The highest BCUT2D eigenvalue weighted by Crippen LogP contribution is 2.22. The van der Waals surface area contributed by atoms with Gasteiger partial charge in [0, 0.05) is 11.3 Å². The van der Waals surface area contributed by atoms with Gasteiger partial charge in [-0.2, -0.15) is 0 Å². The Bertz CT molecular complexity index is 1050. The van der Waals surface area contributed by atoms with Crippen LogP contribution in [-0.4, -0.2) is 22.5 Å². The van der Waals surface area contributed by atoms with Gasteiger partial charge in [0.1, 0.15) is 11.6 Å². The van der Waals surface area contributed by atoms with E-state index in [-0.39, 0.29) is 12.5 Å². The number of hydrogen-bond donors (Lipinski definition) is 2. The van der Waals surface area contributed by atoms with E-state index in [9.17, 15) is 4.79 Å². The number of nitrogens with zero attached hydrogens (tertiary/aromatic N) is 1. The van der Waals surface area contributed by atoms with Crippen LogP contribution in [0.4, 0.5) is 5.69 Å². The van der Waals surface area contributed by atoms with Crippen molar-refractivity contribution in [2.24, 2.45) is 0 Å². The predicted molar refractivity (Wildman–Crippen MR) is 111 cm³/mol. The fourth-order valence-corrected chi connectivity index (χ4v) is 2.97. The minimum Gasteiger partial charge on any atom is -0.484 e. The summed E-state index contributed by atoms with van der Waals surface area (Å²) < 4.78 is 5.54. The number of aromatic amines is 1. The molecule has 5 heteroatoms. The van der Waals surface area contributed by atoms with E-state index in [4.69, 9.17) is 4.74 Å². The van der Waals surface area contributed by atoms with Gasteiger partial charge >= 0.3 is 0 Å². The van der Waals surface area contributed by atoms with Gasteiger partial charge in [-0.25, -0.2) is 4.98 Å². The minimum atomic E-state index is -0.198. The Labute approximate surface area is 163 Å². The second kappa shape index (κ2) is 7.96. The summed E-state index contributed by atoms with van der Waals surface area (Å²) in [4.78, 5) is 20.0. The Balaban J connectivity index is 1.36. The van der Waals surface area contributed by atoms with Gasteiger partial charge in [-0.3, -0.25) is 4.79 Å². The first-order chi connectivity index (χ1) is 13.7. The smallest absolute Gasteiger partial charge is 0.262 e. The molecule has 1 heterocycles. The number of carbonyl (C=O) groups is 1. The first-order valence-corrected chi connectivity index (χ1v) is 9.28. The zero-order chi connectivity index (χ0) is 19.3. The van der Waals surface area contributed by atoms with Gasteiger partial charge in [-0.15, -0.1) is 0 Å². The van der Waals surface area contributed by atoms with Crippen LogP contribution in [0.15, 0.2) is 72.8 Å². The molecular weight excluding hydrogens is 350 g/mol. The van der Waals surface area contributed by atoms with Crippen LogP contribution in [0.25, 0.3) is 22.4 Å². The number of nitrogens with one attached hydrogen (secondary N) is 2. The molecular formula is C23H21N3O2. The molecule has 0 aliphatic heterocycles. The number of hydrogen-bond acceptors (Lipinski definition) is 3. The van der Waals surface area contributed by atoms with Crippen molar-refractivity contribution in [1.29, 1.82) is 0 Å². The summed E-state index contributed by atoms with van der Waals surface area (Å²) in [5.41, 5.74) is 4.84. The van der Waals surface area contributed by atoms with Gasteiger partial charge in [0.15, 0.2) is 6.61 Å². The number of ether oxygens (including phenoxy) is 1. The number of amides is 1. The highest BCUT2D eigenvalue weighted by Gasteiger charge is 2.07. The lowest BCUT2D eigenvalue weighted by molar-refractivity contribution is -0.118. The van der Waals surface area contributed by atoms with Gasteiger partial charge in [0.2, 0.25) is 0 Å². The zero-order valence-electron chi connectivity index (χ0n) is 15.6. The standard InChI is InChI=1S/C23H21N3O2/c1-2-16-7-13-19(14-8-16)28-15-22(27)24-18-11-9-17(10-12-18)23-25-20-5-3-4-6-21(20)26-23/h3-14H,2,15H2,1H3,(H,24,27)(H,25,26). The van der Waals surface area contributed by atoms with E-state index in [1.54, 1.807) is 0 Å². The molecule has 0 aliphatic rings. The number of aryl methyl sites for hydroxylation is 1. The van der Waals surface area contributed by atoms with Gasteiger partial charge in [0.25, 0.3) is 5.91 Å². The lowest BCUT2D eigenvalue weighted by Gasteiger charge is -2.08. The summed E-state index contributed by atoms with van der Waals surface area (Å²) in [5.74, 6) is 1.29. The largest absolute Gasteiger partial charge is 0.484 e. The number of aromatic nitrogens is 2. The van der Waals surface area contributed by atoms with Crippen LogP contribution in [0, 0.1) is 0 Å². The van der Waals surface area contributed by atoms with Gasteiger partial charge < -0.3 is 15.0 Å². The fraction of sp³-hybridized carbons (Fsp3) is 0.130. The predicted octanol–water partition coefficient (Wildman–Crippen LogP) is 4.81. The van der Waals surface area contributed by atoms with E-state index in [1.165, 1.54) is 5.56 Å². The molecule has 0 bridgehead atoms. The summed E-state index contributed by atoms with van der Waals surface area (Å²) in [7, 11) is 0. The van der Waals surface area contributed by atoms with Crippen LogP contribution in [0.5, 0.6) is 5.75 Å². The number of fused-ring (bicyclic) bond motifs is 1. The normalized spacial score (nSPS) is 10.8. The topological polar surface area (TPSA) is 67.0 Å². The van der Waals surface area contributed by atoms with E-state index in [1.807, 2.05) is 72.8 Å². The van der Waals surface area contributed by atoms with Crippen LogP contribution in [-0.2, 0) is 11.2 Å². The maximum absolute atomic E-state index is 12.1. The van der Waals surface area contributed by atoms with Crippen molar-refractivity contribution in [2.75, 3.05) is 11.9 Å². The second-order valence-electron chi connectivity index (χ2n) is 6.51. The molecule has 0 saturated heterocycles. The molecule has 5 nitrogen and oxygen atoms in total. The molecule has 0 fully saturated rings. The van der Waals surface area contributed by atoms with Crippen molar-refractivity contribution in [1.82, 2.24) is 9.97 Å². The van der Waals surface area contributed by atoms with Gasteiger partial charge in [-0.05, 0) is 60.5 Å². The lowest BCUT2D eigenvalue weighted by Crippen LogP contribution is -2.20. The summed E-state index contributed by atoms with van der Waals surface area (Å²) in [6.07, 6.45) is 0.977. The average molecular weight is 371 g/mol. The van der Waals surface area contributed by atoms with Crippen LogP contribution in [0.1, 0.15) is 12.5 Å². The maximum atomic E-state index is 12.1. The average Bonchev–Trinajstić information content (AvgIpc) is 3.17. The van der Waals surface area contributed by atoms with Crippen molar-refractivity contribution in [3.63, 3.8) is 0 Å². The summed E-state index contributed by atoms with van der Waals surface area (Å²) in [5, 5.41) is 2.85. The zero-order valence-corrected chi connectivity index (χ0v) is 15.6. The molecule has 1 aromatic heterocycles. The number of para-hydroxylation sites is 2. The molecule has 3 aromatic carbocycles. The Morgan fingerprint density at radius 3 is 2.46 bits per heavy atom. The van der Waals surface area contributed by atoms with Gasteiger partial charge in [0.05, 0.1) is 11.0 Å². The molecule has 0 spiro atoms. The van der Waals surface area contributed by atoms with E-state index in [0.29, 0.717) is 5.75 Å². The van der Waals surface area contributed by atoms with E-state index >= 15 is 0 Å². The fourth-order valence-electron chi connectivity index (χ4n) is 2.97. The van der Waals surface area contributed by atoms with E-state index < -0.39 is 0 Å². The summed E-state index contributed by atoms with van der Waals surface area (Å²) in [6, 6.07) is 23.3.